The molecule has 0 aromatic carbocycles. The van der Waals surface area contributed by atoms with Crippen LogP contribution in [-0.2, 0) is 19.1 Å². The topological polar surface area (TPSA) is 93.1 Å². The van der Waals surface area contributed by atoms with E-state index in [-0.39, 0.29) is 6.61 Å². The van der Waals surface area contributed by atoms with Gasteiger partial charge in [0.2, 0.25) is 0 Å². The van der Waals surface area contributed by atoms with Gasteiger partial charge in [-0.15, -0.1) is 0 Å². The van der Waals surface area contributed by atoms with Crippen LogP contribution in [-0.4, -0.2) is 48.1 Å². The Morgan fingerprint density at radius 1 is 1.46 bits per heavy atom. The summed E-state index contributed by atoms with van der Waals surface area (Å²) in [6, 6.07) is 0. The molecular formula is C7H12O6. The van der Waals surface area contributed by atoms with E-state index in [1.165, 1.54) is 0 Å². The number of esters is 1. The second-order valence-corrected chi connectivity index (χ2v) is 2.19. The van der Waals surface area contributed by atoms with Crippen LogP contribution < -0.4 is 0 Å². The predicted octanol–water partition coefficient (Wildman–Crippen LogP) is -0.990. The van der Waals surface area contributed by atoms with Crippen molar-refractivity contribution in [2.75, 3.05) is 13.7 Å². The number of carboxylic acid groups (broad SMARTS) is 1. The van der Waals surface area contributed by atoms with Gasteiger partial charge in [-0.25, -0.2) is 9.59 Å². The zero-order valence-electron chi connectivity index (χ0n) is 7.39. The third-order valence-electron chi connectivity index (χ3n) is 1.31. The van der Waals surface area contributed by atoms with Crippen LogP contribution in [0, 0.1) is 0 Å². The SMILES string of the molecule is CCOC(=O)[C@H](O)[C@@H](OC)C(=O)O. The van der Waals surface area contributed by atoms with Crippen LogP contribution >= 0.6 is 0 Å². The first kappa shape index (κ1) is 11.9. The zero-order chi connectivity index (χ0) is 10.4. The minimum atomic E-state index is -1.79. The Kier molecular flexibility index (Phi) is 5.01. The van der Waals surface area contributed by atoms with E-state index in [0.717, 1.165) is 7.11 Å². The first-order valence-corrected chi connectivity index (χ1v) is 3.64. The largest absolute Gasteiger partial charge is 0.479 e. The number of aliphatic hydroxyl groups excluding tert-OH is 1. The van der Waals surface area contributed by atoms with Crippen molar-refractivity contribution in [3.05, 3.63) is 0 Å². The van der Waals surface area contributed by atoms with Crippen molar-refractivity contribution >= 4 is 11.9 Å². The average Bonchev–Trinajstić information content (AvgIpc) is 2.05. The maximum atomic E-state index is 10.8. The van der Waals surface area contributed by atoms with E-state index in [1.807, 2.05) is 0 Å². The van der Waals surface area contributed by atoms with Crippen LogP contribution in [0.3, 0.4) is 0 Å². The van der Waals surface area contributed by atoms with Gasteiger partial charge in [-0.1, -0.05) is 0 Å². The van der Waals surface area contributed by atoms with Crippen molar-refractivity contribution in [1.29, 1.82) is 0 Å². The van der Waals surface area contributed by atoms with E-state index in [4.69, 9.17) is 10.2 Å². The monoisotopic (exact) mass is 192 g/mol. The molecule has 6 nitrogen and oxygen atoms in total. The van der Waals surface area contributed by atoms with Gasteiger partial charge >= 0.3 is 11.9 Å². The molecule has 13 heavy (non-hydrogen) atoms. The Labute approximate surface area is 75.1 Å². The molecule has 0 aromatic rings. The summed E-state index contributed by atoms with van der Waals surface area (Å²) in [5, 5.41) is 17.6. The van der Waals surface area contributed by atoms with Crippen LogP contribution in [0.2, 0.25) is 0 Å². The van der Waals surface area contributed by atoms with E-state index in [0.29, 0.717) is 0 Å². The average molecular weight is 192 g/mol. The van der Waals surface area contributed by atoms with E-state index >= 15 is 0 Å². The van der Waals surface area contributed by atoms with Gasteiger partial charge in [0, 0.05) is 7.11 Å². The molecule has 0 aromatic heterocycles. The fourth-order valence-corrected chi connectivity index (χ4v) is 0.716. The number of carboxylic acids is 1. The molecule has 0 bridgehead atoms. The molecule has 0 unspecified atom stereocenters. The van der Waals surface area contributed by atoms with Crippen LogP contribution in [0.25, 0.3) is 0 Å². The summed E-state index contributed by atoms with van der Waals surface area (Å²) in [5.41, 5.74) is 0. The van der Waals surface area contributed by atoms with E-state index in [1.54, 1.807) is 6.92 Å². The summed E-state index contributed by atoms with van der Waals surface area (Å²) in [6.45, 7) is 1.62. The highest BCUT2D eigenvalue weighted by molar-refractivity contribution is 5.84. The smallest absolute Gasteiger partial charge is 0.338 e. The van der Waals surface area contributed by atoms with Gasteiger partial charge in [0.1, 0.15) is 0 Å². The highest BCUT2D eigenvalue weighted by Gasteiger charge is 2.33. The molecule has 0 aliphatic carbocycles. The van der Waals surface area contributed by atoms with Gasteiger partial charge in [0.05, 0.1) is 6.61 Å². The number of hydrogen-bond donors (Lipinski definition) is 2. The lowest BCUT2D eigenvalue weighted by Crippen LogP contribution is -2.42. The molecule has 0 saturated carbocycles. The van der Waals surface area contributed by atoms with Crippen molar-refractivity contribution in [1.82, 2.24) is 0 Å². The van der Waals surface area contributed by atoms with Gasteiger partial charge in [-0.05, 0) is 6.92 Å². The maximum absolute atomic E-state index is 10.8. The lowest BCUT2D eigenvalue weighted by atomic mass is 10.2. The van der Waals surface area contributed by atoms with Crippen molar-refractivity contribution in [3.63, 3.8) is 0 Å². The molecule has 0 aliphatic rings. The van der Waals surface area contributed by atoms with Crippen LogP contribution in [0.5, 0.6) is 0 Å². The minimum absolute atomic E-state index is 0.0753. The first-order valence-electron chi connectivity index (χ1n) is 3.64. The highest BCUT2D eigenvalue weighted by atomic mass is 16.6. The van der Waals surface area contributed by atoms with Gasteiger partial charge in [0.15, 0.2) is 12.2 Å². The summed E-state index contributed by atoms with van der Waals surface area (Å²) in [4.78, 5) is 21.2. The molecule has 0 aliphatic heterocycles. The number of carbonyl (C=O) groups excluding carboxylic acids is 1. The highest BCUT2D eigenvalue weighted by Crippen LogP contribution is 2.01. The Hall–Kier alpha value is -1.14. The molecular weight excluding hydrogens is 180 g/mol. The summed E-state index contributed by atoms with van der Waals surface area (Å²) >= 11 is 0. The van der Waals surface area contributed by atoms with E-state index in [2.05, 4.69) is 9.47 Å². The van der Waals surface area contributed by atoms with Crippen molar-refractivity contribution < 1.29 is 29.3 Å². The number of hydrogen-bond acceptors (Lipinski definition) is 5. The number of methoxy groups -OCH3 is 1. The lowest BCUT2D eigenvalue weighted by molar-refractivity contribution is -0.171. The Morgan fingerprint density at radius 3 is 2.31 bits per heavy atom. The van der Waals surface area contributed by atoms with Gasteiger partial charge in [-0.3, -0.25) is 0 Å². The molecule has 0 saturated heterocycles. The summed E-state index contributed by atoms with van der Waals surface area (Å²) < 4.78 is 8.79. The second kappa shape index (κ2) is 5.50. The summed E-state index contributed by atoms with van der Waals surface area (Å²) in [5.74, 6) is -2.42. The Balaban J connectivity index is 4.27. The molecule has 0 spiro atoms. The Bertz CT molecular complexity index is 189. The molecule has 0 rings (SSSR count). The van der Waals surface area contributed by atoms with Crippen LogP contribution in [0.4, 0.5) is 0 Å². The normalized spacial score (nSPS) is 14.7. The standard InChI is InChI=1S/C7H12O6/c1-3-13-7(11)4(8)5(12-2)6(9)10/h4-5,8H,3H2,1-2H3,(H,9,10)/t4-,5-/m1/s1. The number of ether oxygens (including phenoxy) is 2. The maximum Gasteiger partial charge on any atom is 0.338 e. The van der Waals surface area contributed by atoms with Crippen LogP contribution in [0.1, 0.15) is 6.92 Å². The summed E-state index contributed by atoms with van der Waals surface area (Å²) in [7, 11) is 1.08. The second-order valence-electron chi connectivity index (χ2n) is 2.19. The van der Waals surface area contributed by atoms with Crippen molar-refractivity contribution in [2.45, 2.75) is 19.1 Å². The molecule has 0 amide bonds. The third-order valence-corrected chi connectivity index (χ3v) is 1.31. The van der Waals surface area contributed by atoms with Gasteiger partial charge in [0.25, 0.3) is 0 Å². The summed E-state index contributed by atoms with van der Waals surface area (Å²) in [6.07, 6.45) is -3.37. The number of carbonyl (C=O) groups is 2. The van der Waals surface area contributed by atoms with Crippen molar-refractivity contribution in [3.8, 4) is 0 Å². The van der Waals surface area contributed by atoms with Gasteiger partial charge < -0.3 is 19.7 Å². The molecule has 2 atom stereocenters. The van der Waals surface area contributed by atoms with Gasteiger partial charge in [-0.2, -0.15) is 0 Å². The molecule has 0 heterocycles. The molecule has 0 fully saturated rings. The number of aliphatic carboxylic acids is 1. The third kappa shape index (κ3) is 3.39. The lowest BCUT2D eigenvalue weighted by Gasteiger charge is -2.15. The first-order chi connectivity index (χ1) is 6.04. The van der Waals surface area contributed by atoms with E-state index in [9.17, 15) is 9.59 Å². The van der Waals surface area contributed by atoms with Crippen molar-refractivity contribution in [2.24, 2.45) is 0 Å². The molecule has 2 N–H and O–H groups in total. The predicted molar refractivity (Wildman–Crippen MR) is 41.1 cm³/mol. The zero-order valence-corrected chi connectivity index (χ0v) is 7.39. The Morgan fingerprint density at radius 2 is 2.00 bits per heavy atom. The number of rotatable bonds is 5. The minimum Gasteiger partial charge on any atom is -0.479 e. The number of aliphatic hydroxyl groups is 1. The molecule has 6 heteroatoms. The quantitative estimate of drug-likeness (QED) is 0.543. The van der Waals surface area contributed by atoms with E-state index < -0.39 is 24.1 Å². The fourth-order valence-electron chi connectivity index (χ4n) is 0.716. The molecule has 0 radical (unpaired) electrons. The molecule has 76 valence electrons. The fraction of sp³-hybridized carbons (Fsp3) is 0.714. The van der Waals surface area contributed by atoms with Crippen LogP contribution in [0.15, 0.2) is 0 Å².